The predicted octanol–water partition coefficient (Wildman–Crippen LogP) is 4.92. The summed E-state index contributed by atoms with van der Waals surface area (Å²) in [5, 5.41) is 0. The monoisotopic (exact) mass is 314 g/mol. The molecule has 3 aromatic rings. The summed E-state index contributed by atoms with van der Waals surface area (Å²) in [5.74, 6) is 4.28. The Hall–Kier alpha value is -3.18. The molecule has 0 aromatic heterocycles. The quantitative estimate of drug-likeness (QED) is 0.622. The highest BCUT2D eigenvalue weighted by atomic mass is 16.5. The van der Waals surface area contributed by atoms with Crippen molar-refractivity contribution in [3.63, 3.8) is 0 Å². The normalized spacial score (nSPS) is 10.0. The largest absolute Gasteiger partial charge is 0.496 e. The van der Waals surface area contributed by atoms with Gasteiger partial charge in [0.1, 0.15) is 18.1 Å². The Kier molecular flexibility index (Phi) is 4.84. The maximum absolute atomic E-state index is 5.82. The van der Waals surface area contributed by atoms with Crippen LogP contribution in [0.3, 0.4) is 0 Å². The third-order valence-corrected chi connectivity index (χ3v) is 3.78. The minimum absolute atomic E-state index is 0.552. The minimum Gasteiger partial charge on any atom is -0.496 e. The van der Waals surface area contributed by atoms with E-state index in [1.807, 2.05) is 72.8 Å². The molecule has 118 valence electrons. The molecule has 2 nitrogen and oxygen atoms in total. The zero-order chi connectivity index (χ0) is 16.8. The van der Waals surface area contributed by atoms with Gasteiger partial charge in [-0.3, -0.25) is 0 Å². The van der Waals surface area contributed by atoms with Gasteiger partial charge in [0, 0.05) is 11.1 Å². The smallest absolute Gasteiger partial charge is 0.126 e. The first kappa shape index (κ1) is 15.7. The summed E-state index contributed by atoms with van der Waals surface area (Å²) < 4.78 is 11.3. The molecule has 0 amide bonds. The first-order chi connectivity index (χ1) is 11.8. The van der Waals surface area contributed by atoms with Crippen LogP contribution in [0.1, 0.15) is 11.1 Å². The van der Waals surface area contributed by atoms with Crippen LogP contribution in [-0.2, 0) is 6.61 Å². The number of methoxy groups -OCH3 is 1. The van der Waals surface area contributed by atoms with E-state index in [-0.39, 0.29) is 0 Å². The first-order valence-electron chi connectivity index (χ1n) is 7.72. The van der Waals surface area contributed by atoms with Gasteiger partial charge in [0.05, 0.1) is 7.11 Å². The van der Waals surface area contributed by atoms with Gasteiger partial charge in [-0.15, -0.1) is 6.42 Å². The topological polar surface area (TPSA) is 18.5 Å². The first-order valence-corrected chi connectivity index (χ1v) is 7.72. The van der Waals surface area contributed by atoms with Crippen molar-refractivity contribution in [1.82, 2.24) is 0 Å². The maximum atomic E-state index is 5.82. The number of ether oxygens (including phenoxy) is 2. The van der Waals surface area contributed by atoms with E-state index in [1.165, 1.54) is 0 Å². The van der Waals surface area contributed by atoms with E-state index in [9.17, 15) is 0 Å². The zero-order valence-corrected chi connectivity index (χ0v) is 13.5. The standard InChI is InChI=1S/C22H18O2/c1-3-17-9-14-22(23-2)21(15-17)19-10-12-20(13-11-19)24-16-18-7-5-4-6-8-18/h1,4-15H,16H2,2H3. The predicted molar refractivity (Wildman–Crippen MR) is 97.1 cm³/mol. The Balaban J connectivity index is 1.78. The maximum Gasteiger partial charge on any atom is 0.126 e. The second-order valence-corrected chi connectivity index (χ2v) is 5.36. The van der Waals surface area contributed by atoms with Gasteiger partial charge >= 0.3 is 0 Å². The highest BCUT2D eigenvalue weighted by molar-refractivity contribution is 5.72. The molecule has 3 rings (SSSR count). The van der Waals surface area contributed by atoms with E-state index in [2.05, 4.69) is 5.92 Å². The van der Waals surface area contributed by atoms with Crippen LogP contribution in [0.2, 0.25) is 0 Å². The lowest BCUT2D eigenvalue weighted by atomic mass is 10.0. The van der Waals surface area contributed by atoms with Crippen LogP contribution < -0.4 is 9.47 Å². The average Bonchev–Trinajstić information content (AvgIpc) is 2.67. The summed E-state index contributed by atoms with van der Waals surface area (Å²) in [6, 6.07) is 23.8. The van der Waals surface area contributed by atoms with Gasteiger partial charge in [-0.05, 0) is 41.5 Å². The molecule has 0 fully saturated rings. The molecular weight excluding hydrogens is 296 g/mol. The molecule has 0 heterocycles. The summed E-state index contributed by atoms with van der Waals surface area (Å²) in [5.41, 5.74) is 3.98. The van der Waals surface area contributed by atoms with Crippen molar-refractivity contribution in [3.05, 3.63) is 83.9 Å². The van der Waals surface area contributed by atoms with Crippen LogP contribution in [-0.4, -0.2) is 7.11 Å². The van der Waals surface area contributed by atoms with Crippen molar-refractivity contribution in [2.75, 3.05) is 7.11 Å². The fraction of sp³-hybridized carbons (Fsp3) is 0.0909. The van der Waals surface area contributed by atoms with E-state index in [1.54, 1.807) is 7.11 Å². The molecule has 0 atom stereocenters. The van der Waals surface area contributed by atoms with Crippen molar-refractivity contribution in [1.29, 1.82) is 0 Å². The molecule has 0 N–H and O–H groups in total. The fourth-order valence-corrected chi connectivity index (χ4v) is 2.49. The van der Waals surface area contributed by atoms with Gasteiger partial charge in [0.25, 0.3) is 0 Å². The number of benzene rings is 3. The second kappa shape index (κ2) is 7.39. The van der Waals surface area contributed by atoms with Crippen molar-refractivity contribution in [2.45, 2.75) is 6.61 Å². The highest BCUT2D eigenvalue weighted by Crippen LogP contribution is 2.32. The van der Waals surface area contributed by atoms with Gasteiger partial charge in [-0.1, -0.05) is 48.4 Å². The Morgan fingerprint density at radius 1 is 0.917 bits per heavy atom. The third-order valence-electron chi connectivity index (χ3n) is 3.78. The average molecular weight is 314 g/mol. The van der Waals surface area contributed by atoms with Crippen LogP contribution >= 0.6 is 0 Å². The zero-order valence-electron chi connectivity index (χ0n) is 13.5. The van der Waals surface area contributed by atoms with Gasteiger partial charge in [0.15, 0.2) is 0 Å². The van der Waals surface area contributed by atoms with Crippen LogP contribution in [0.25, 0.3) is 11.1 Å². The van der Waals surface area contributed by atoms with Gasteiger partial charge < -0.3 is 9.47 Å². The molecule has 0 bridgehead atoms. The summed E-state index contributed by atoms with van der Waals surface area (Å²) in [4.78, 5) is 0. The lowest BCUT2D eigenvalue weighted by Gasteiger charge is -2.11. The minimum atomic E-state index is 0.552. The molecule has 0 saturated heterocycles. The summed E-state index contributed by atoms with van der Waals surface area (Å²) in [7, 11) is 1.66. The van der Waals surface area contributed by atoms with Crippen molar-refractivity contribution in [2.24, 2.45) is 0 Å². The third kappa shape index (κ3) is 3.59. The van der Waals surface area contributed by atoms with Crippen molar-refractivity contribution < 1.29 is 9.47 Å². The molecule has 0 spiro atoms. The van der Waals surface area contributed by atoms with Gasteiger partial charge in [0.2, 0.25) is 0 Å². The van der Waals surface area contributed by atoms with Crippen LogP contribution in [0.5, 0.6) is 11.5 Å². The second-order valence-electron chi connectivity index (χ2n) is 5.36. The van der Waals surface area contributed by atoms with Crippen LogP contribution in [0.4, 0.5) is 0 Å². The van der Waals surface area contributed by atoms with Crippen molar-refractivity contribution >= 4 is 0 Å². The Morgan fingerprint density at radius 3 is 2.33 bits per heavy atom. The number of rotatable bonds is 5. The van der Waals surface area contributed by atoms with E-state index >= 15 is 0 Å². The van der Waals surface area contributed by atoms with E-state index in [0.29, 0.717) is 6.61 Å². The molecule has 24 heavy (non-hydrogen) atoms. The number of hydrogen-bond donors (Lipinski definition) is 0. The molecule has 0 unspecified atom stereocenters. The van der Waals surface area contributed by atoms with E-state index < -0.39 is 0 Å². The Labute approximate surface area is 142 Å². The number of hydrogen-bond acceptors (Lipinski definition) is 2. The van der Waals surface area contributed by atoms with Crippen LogP contribution in [0, 0.1) is 12.3 Å². The molecule has 0 aliphatic heterocycles. The number of terminal acetylenes is 1. The van der Waals surface area contributed by atoms with E-state index in [0.717, 1.165) is 33.8 Å². The Morgan fingerprint density at radius 2 is 1.67 bits per heavy atom. The van der Waals surface area contributed by atoms with Gasteiger partial charge in [-0.2, -0.15) is 0 Å². The van der Waals surface area contributed by atoms with Gasteiger partial charge in [-0.25, -0.2) is 0 Å². The van der Waals surface area contributed by atoms with Crippen LogP contribution in [0.15, 0.2) is 72.8 Å². The molecule has 2 heteroatoms. The highest BCUT2D eigenvalue weighted by Gasteiger charge is 2.07. The lowest BCUT2D eigenvalue weighted by Crippen LogP contribution is -1.95. The molecule has 0 saturated carbocycles. The molecule has 0 aliphatic carbocycles. The van der Waals surface area contributed by atoms with Crippen molar-refractivity contribution in [3.8, 4) is 35.0 Å². The molecule has 0 aliphatic rings. The molecular formula is C22H18O2. The lowest BCUT2D eigenvalue weighted by molar-refractivity contribution is 0.306. The summed E-state index contributed by atoms with van der Waals surface area (Å²) in [6.45, 7) is 0.552. The SMILES string of the molecule is C#Cc1ccc(OC)c(-c2ccc(OCc3ccccc3)cc2)c1. The van der Waals surface area contributed by atoms with E-state index in [4.69, 9.17) is 15.9 Å². The molecule has 3 aromatic carbocycles. The summed E-state index contributed by atoms with van der Waals surface area (Å²) >= 11 is 0. The Bertz CT molecular complexity index is 843. The fourth-order valence-electron chi connectivity index (χ4n) is 2.49. The molecule has 0 radical (unpaired) electrons. The summed E-state index contributed by atoms with van der Waals surface area (Å²) in [6.07, 6.45) is 5.50.